The molecule has 0 saturated carbocycles. The lowest BCUT2D eigenvalue weighted by Gasteiger charge is -2.36. The average molecular weight is 382 g/mol. The van der Waals surface area contributed by atoms with Gasteiger partial charge in [0.1, 0.15) is 5.82 Å². The van der Waals surface area contributed by atoms with Crippen LogP contribution >= 0.6 is 15.9 Å². The molecule has 1 N–H and O–H groups in total. The molecule has 0 unspecified atom stereocenters. The molecular weight excluding hydrogens is 358 g/mol. The second-order valence-corrected chi connectivity index (χ2v) is 12.6. The van der Waals surface area contributed by atoms with Crippen molar-refractivity contribution in [2.24, 2.45) is 0 Å². The molecule has 2 heterocycles. The molecule has 0 fully saturated rings. The first kappa shape index (κ1) is 17.4. The van der Waals surface area contributed by atoms with Crippen molar-refractivity contribution in [2.75, 3.05) is 18.5 Å². The Morgan fingerprint density at radius 1 is 1.27 bits per heavy atom. The zero-order chi connectivity index (χ0) is 16.4. The van der Waals surface area contributed by atoms with Crippen molar-refractivity contribution in [2.45, 2.75) is 38.9 Å². The lowest BCUT2D eigenvalue weighted by Crippen LogP contribution is -2.41. The Hall–Kier alpha value is -0.983. The molecule has 0 aliphatic heterocycles. The molecule has 0 bridgehead atoms. The second kappa shape index (κ2) is 6.64. The fourth-order valence-electron chi connectivity index (χ4n) is 1.87. The summed E-state index contributed by atoms with van der Waals surface area (Å²) in [5, 5.41) is 4.62. The molecule has 120 valence electrons. The monoisotopic (exact) mass is 381 g/mol. The van der Waals surface area contributed by atoms with Crippen LogP contribution in [0.15, 0.2) is 29.0 Å². The van der Waals surface area contributed by atoms with Crippen molar-refractivity contribution >= 4 is 41.0 Å². The van der Waals surface area contributed by atoms with Crippen LogP contribution in [0.5, 0.6) is 0 Å². The van der Waals surface area contributed by atoms with Gasteiger partial charge >= 0.3 is 0 Å². The number of pyridine rings is 2. The van der Waals surface area contributed by atoms with Crippen molar-refractivity contribution in [3.05, 3.63) is 29.0 Å². The highest BCUT2D eigenvalue weighted by Gasteiger charge is 2.36. The third kappa shape index (κ3) is 3.85. The molecule has 0 atom stereocenters. The van der Waals surface area contributed by atoms with Crippen LogP contribution < -0.4 is 5.32 Å². The van der Waals surface area contributed by atoms with E-state index in [0.717, 1.165) is 27.7 Å². The second-order valence-electron chi connectivity index (χ2n) is 6.89. The van der Waals surface area contributed by atoms with Crippen molar-refractivity contribution in [1.82, 2.24) is 9.97 Å². The maximum absolute atomic E-state index is 6.18. The van der Waals surface area contributed by atoms with Crippen molar-refractivity contribution in [3.63, 3.8) is 0 Å². The van der Waals surface area contributed by atoms with Crippen LogP contribution in [0.25, 0.3) is 10.9 Å². The summed E-state index contributed by atoms with van der Waals surface area (Å²) in [6.45, 7) is 12.7. The zero-order valence-electron chi connectivity index (χ0n) is 13.9. The molecule has 0 aliphatic carbocycles. The van der Waals surface area contributed by atoms with Crippen molar-refractivity contribution in [1.29, 1.82) is 0 Å². The maximum Gasteiger partial charge on any atom is 0.192 e. The van der Waals surface area contributed by atoms with Crippen LogP contribution in [-0.2, 0) is 4.43 Å². The number of halogens is 1. The maximum atomic E-state index is 6.18. The van der Waals surface area contributed by atoms with Crippen LogP contribution in [0.4, 0.5) is 5.82 Å². The van der Waals surface area contributed by atoms with Crippen LogP contribution in [0.1, 0.15) is 20.8 Å². The Bertz CT molecular complexity index is 655. The molecule has 0 amide bonds. The quantitative estimate of drug-likeness (QED) is 0.595. The van der Waals surface area contributed by atoms with Gasteiger partial charge in [0.2, 0.25) is 0 Å². The zero-order valence-corrected chi connectivity index (χ0v) is 16.5. The van der Waals surface area contributed by atoms with Gasteiger partial charge in [0.05, 0.1) is 16.6 Å². The highest BCUT2D eigenvalue weighted by atomic mass is 79.9. The summed E-state index contributed by atoms with van der Waals surface area (Å²) in [6, 6.07) is 3.95. The van der Waals surface area contributed by atoms with Gasteiger partial charge in [-0.25, -0.2) is 4.98 Å². The predicted molar refractivity (Wildman–Crippen MR) is 98.9 cm³/mol. The SMILES string of the molecule is CC(C)(C)[Si](C)(C)OCCNc1ncc(Br)c2ncccc12. The Balaban J connectivity index is 2.00. The Morgan fingerprint density at radius 2 is 2.00 bits per heavy atom. The van der Waals surface area contributed by atoms with E-state index in [1.807, 2.05) is 12.1 Å². The first-order valence-electron chi connectivity index (χ1n) is 7.49. The van der Waals surface area contributed by atoms with Crippen molar-refractivity contribution < 1.29 is 4.43 Å². The van der Waals surface area contributed by atoms with Gasteiger partial charge in [-0.15, -0.1) is 0 Å². The van der Waals surface area contributed by atoms with Gasteiger partial charge in [-0.2, -0.15) is 0 Å². The summed E-state index contributed by atoms with van der Waals surface area (Å²) in [4.78, 5) is 8.84. The Labute approximate surface area is 142 Å². The minimum absolute atomic E-state index is 0.236. The summed E-state index contributed by atoms with van der Waals surface area (Å²) in [6.07, 6.45) is 3.57. The van der Waals surface area contributed by atoms with E-state index in [1.165, 1.54) is 0 Å². The van der Waals surface area contributed by atoms with Crippen LogP contribution in [0, 0.1) is 0 Å². The van der Waals surface area contributed by atoms with Gasteiger partial charge in [-0.05, 0) is 46.2 Å². The predicted octanol–water partition coefficient (Wildman–Crippen LogP) is 4.83. The van der Waals surface area contributed by atoms with Gasteiger partial charge in [-0.1, -0.05) is 20.8 Å². The summed E-state index contributed by atoms with van der Waals surface area (Å²) in [5.74, 6) is 0.852. The van der Waals surface area contributed by atoms with E-state index in [0.29, 0.717) is 6.61 Å². The standard InChI is InChI=1S/C16H24BrN3OSi/c1-16(2,3)22(4,5)21-10-9-19-15-12-7-6-8-18-14(12)13(17)11-20-15/h6-8,11H,9-10H2,1-5H3,(H,19,20). The lowest BCUT2D eigenvalue weighted by atomic mass is 10.2. The molecular formula is C16H24BrN3OSi. The summed E-state index contributed by atoms with van der Waals surface area (Å²) in [7, 11) is -1.69. The number of nitrogens with one attached hydrogen (secondary N) is 1. The highest BCUT2D eigenvalue weighted by Crippen LogP contribution is 2.36. The number of hydrogen-bond donors (Lipinski definition) is 1. The lowest BCUT2D eigenvalue weighted by molar-refractivity contribution is 0.301. The molecule has 4 nitrogen and oxygen atoms in total. The highest BCUT2D eigenvalue weighted by molar-refractivity contribution is 9.10. The fourth-order valence-corrected chi connectivity index (χ4v) is 3.34. The molecule has 0 aromatic carbocycles. The third-order valence-corrected chi connectivity index (χ3v) is 9.38. The van der Waals surface area contributed by atoms with Crippen LogP contribution in [-0.4, -0.2) is 31.4 Å². The van der Waals surface area contributed by atoms with Gasteiger partial charge in [0, 0.05) is 24.3 Å². The van der Waals surface area contributed by atoms with E-state index in [-0.39, 0.29) is 5.04 Å². The van der Waals surface area contributed by atoms with E-state index in [9.17, 15) is 0 Å². The minimum atomic E-state index is -1.69. The van der Waals surface area contributed by atoms with Crippen LogP contribution in [0.3, 0.4) is 0 Å². The number of anilines is 1. The van der Waals surface area contributed by atoms with Gasteiger partial charge in [0.25, 0.3) is 0 Å². The molecule has 2 aromatic heterocycles. The fraction of sp³-hybridized carbons (Fsp3) is 0.500. The molecule has 0 radical (unpaired) electrons. The van der Waals surface area contributed by atoms with Gasteiger partial charge in [0.15, 0.2) is 8.32 Å². The summed E-state index contributed by atoms with van der Waals surface area (Å²) < 4.78 is 7.08. The minimum Gasteiger partial charge on any atom is -0.415 e. The van der Waals surface area contributed by atoms with E-state index in [1.54, 1.807) is 12.4 Å². The Kier molecular flexibility index (Phi) is 5.24. The Morgan fingerprint density at radius 3 is 2.68 bits per heavy atom. The topological polar surface area (TPSA) is 47.0 Å². The van der Waals surface area contributed by atoms with Crippen molar-refractivity contribution in [3.8, 4) is 0 Å². The molecule has 0 aliphatic rings. The molecule has 2 rings (SSSR count). The van der Waals surface area contributed by atoms with Gasteiger partial charge in [-0.3, -0.25) is 4.98 Å². The number of hydrogen-bond acceptors (Lipinski definition) is 4. The van der Waals surface area contributed by atoms with E-state index in [2.05, 4.69) is 65.1 Å². The molecule has 6 heteroatoms. The summed E-state index contributed by atoms with van der Waals surface area (Å²) >= 11 is 3.49. The van der Waals surface area contributed by atoms with E-state index in [4.69, 9.17) is 4.43 Å². The van der Waals surface area contributed by atoms with Gasteiger partial charge < -0.3 is 9.74 Å². The number of fused-ring (bicyclic) bond motifs is 1. The largest absolute Gasteiger partial charge is 0.415 e. The first-order chi connectivity index (χ1) is 10.2. The molecule has 22 heavy (non-hydrogen) atoms. The smallest absolute Gasteiger partial charge is 0.192 e. The molecule has 0 spiro atoms. The molecule has 2 aromatic rings. The van der Waals surface area contributed by atoms with Crippen LogP contribution in [0.2, 0.25) is 18.1 Å². The summed E-state index contributed by atoms with van der Waals surface area (Å²) in [5.41, 5.74) is 0.922. The number of rotatable bonds is 5. The first-order valence-corrected chi connectivity index (χ1v) is 11.2. The normalized spacial score (nSPS) is 12.6. The molecule has 0 saturated heterocycles. The van der Waals surface area contributed by atoms with E-state index >= 15 is 0 Å². The third-order valence-electron chi connectivity index (χ3n) is 4.26. The average Bonchev–Trinajstić information content (AvgIpc) is 2.45. The number of aromatic nitrogens is 2. The number of nitrogens with zero attached hydrogens (tertiary/aromatic N) is 2. The van der Waals surface area contributed by atoms with E-state index < -0.39 is 8.32 Å².